The first-order valence-corrected chi connectivity index (χ1v) is 7.55. The number of alkyl halides is 1. The molecule has 106 valence electrons. The molecule has 0 N–H and O–H groups in total. The van der Waals surface area contributed by atoms with E-state index in [9.17, 15) is 0 Å². The zero-order chi connectivity index (χ0) is 14.7. The first kappa shape index (κ1) is 13.9. The van der Waals surface area contributed by atoms with Crippen LogP contribution in [0.2, 0.25) is 0 Å². The smallest absolute Gasteiger partial charge is 0.227 e. The minimum atomic E-state index is 0.372. The summed E-state index contributed by atoms with van der Waals surface area (Å²) in [4.78, 5) is 4.54. The van der Waals surface area contributed by atoms with Crippen LogP contribution in [0.25, 0.3) is 10.8 Å². The maximum atomic E-state index is 6.09. The summed E-state index contributed by atoms with van der Waals surface area (Å²) in [6.07, 6.45) is 0.920. The minimum Gasteiger partial charge on any atom is -0.438 e. The molecule has 0 radical (unpaired) electrons. The van der Waals surface area contributed by atoms with Crippen LogP contribution in [0.1, 0.15) is 18.2 Å². The van der Waals surface area contributed by atoms with Gasteiger partial charge in [-0.15, -0.1) is 11.6 Å². The third kappa shape index (κ3) is 2.86. The maximum Gasteiger partial charge on any atom is 0.227 e. The maximum absolute atomic E-state index is 6.09. The molecule has 2 aromatic carbocycles. The lowest BCUT2D eigenvalue weighted by molar-refractivity contribution is 0.462. The predicted molar refractivity (Wildman–Crippen MR) is 87.2 cm³/mol. The highest BCUT2D eigenvalue weighted by atomic mass is 35.5. The fourth-order valence-corrected chi connectivity index (χ4v) is 2.50. The highest BCUT2D eigenvalue weighted by Crippen LogP contribution is 2.31. The quantitative estimate of drug-likeness (QED) is 0.607. The number of nitrogens with zero attached hydrogens (tertiary/aromatic N) is 1. The SMILES string of the molecule is CCc1ccccc1Oc1nc(CCl)cc2ccccc12. The lowest BCUT2D eigenvalue weighted by atomic mass is 10.1. The Morgan fingerprint density at radius 2 is 1.81 bits per heavy atom. The highest BCUT2D eigenvalue weighted by Gasteiger charge is 2.09. The van der Waals surface area contributed by atoms with Crippen molar-refractivity contribution < 1.29 is 4.74 Å². The Morgan fingerprint density at radius 3 is 2.62 bits per heavy atom. The Bertz CT molecular complexity index is 770. The molecule has 0 aliphatic heterocycles. The Hall–Kier alpha value is -2.06. The topological polar surface area (TPSA) is 22.1 Å². The summed E-state index contributed by atoms with van der Waals surface area (Å²) in [5, 5.41) is 2.09. The van der Waals surface area contributed by atoms with E-state index in [-0.39, 0.29) is 0 Å². The number of hydrogen-bond donors (Lipinski definition) is 0. The van der Waals surface area contributed by atoms with Gasteiger partial charge in [-0.25, -0.2) is 4.98 Å². The van der Waals surface area contributed by atoms with E-state index in [2.05, 4.69) is 18.0 Å². The molecule has 0 atom stereocenters. The van der Waals surface area contributed by atoms with Gasteiger partial charge >= 0.3 is 0 Å². The van der Waals surface area contributed by atoms with Crippen LogP contribution < -0.4 is 4.74 Å². The Balaban J connectivity index is 2.11. The number of aromatic nitrogens is 1. The summed E-state index contributed by atoms with van der Waals surface area (Å²) in [7, 11) is 0. The van der Waals surface area contributed by atoms with Crippen molar-refractivity contribution in [1.82, 2.24) is 4.98 Å². The summed E-state index contributed by atoms with van der Waals surface area (Å²) in [6.45, 7) is 2.11. The van der Waals surface area contributed by atoms with Gasteiger partial charge in [0.05, 0.1) is 11.6 Å². The van der Waals surface area contributed by atoms with Crippen LogP contribution in [-0.4, -0.2) is 4.98 Å². The van der Waals surface area contributed by atoms with Crippen LogP contribution in [0.15, 0.2) is 54.6 Å². The van der Waals surface area contributed by atoms with Gasteiger partial charge in [-0.3, -0.25) is 0 Å². The predicted octanol–water partition coefficient (Wildman–Crippen LogP) is 5.33. The number of aryl methyl sites for hydroxylation is 1. The third-order valence-electron chi connectivity index (χ3n) is 3.46. The van der Waals surface area contributed by atoms with Gasteiger partial charge in [0.15, 0.2) is 0 Å². The van der Waals surface area contributed by atoms with Crippen molar-refractivity contribution in [2.45, 2.75) is 19.2 Å². The van der Waals surface area contributed by atoms with Crippen molar-refractivity contribution in [1.29, 1.82) is 0 Å². The van der Waals surface area contributed by atoms with E-state index in [1.54, 1.807) is 0 Å². The molecular weight excluding hydrogens is 282 g/mol. The fraction of sp³-hybridized carbons (Fsp3) is 0.167. The largest absolute Gasteiger partial charge is 0.438 e. The highest BCUT2D eigenvalue weighted by molar-refractivity contribution is 6.17. The van der Waals surface area contributed by atoms with E-state index in [1.807, 2.05) is 48.5 Å². The van der Waals surface area contributed by atoms with E-state index in [1.165, 1.54) is 5.56 Å². The van der Waals surface area contributed by atoms with E-state index in [0.29, 0.717) is 11.8 Å². The fourth-order valence-electron chi connectivity index (χ4n) is 2.37. The van der Waals surface area contributed by atoms with Crippen molar-refractivity contribution in [3.8, 4) is 11.6 Å². The van der Waals surface area contributed by atoms with Gasteiger partial charge in [0.1, 0.15) is 5.75 Å². The van der Waals surface area contributed by atoms with Gasteiger partial charge in [0.2, 0.25) is 5.88 Å². The zero-order valence-corrected chi connectivity index (χ0v) is 12.6. The summed E-state index contributed by atoms with van der Waals surface area (Å²) in [5.41, 5.74) is 1.99. The third-order valence-corrected chi connectivity index (χ3v) is 3.73. The van der Waals surface area contributed by atoms with Crippen LogP contribution >= 0.6 is 11.6 Å². The van der Waals surface area contributed by atoms with Crippen molar-refractivity contribution in [3.05, 3.63) is 65.9 Å². The molecule has 0 aliphatic carbocycles. The van der Waals surface area contributed by atoms with Crippen molar-refractivity contribution >= 4 is 22.4 Å². The minimum absolute atomic E-state index is 0.372. The van der Waals surface area contributed by atoms with Crippen molar-refractivity contribution in [2.24, 2.45) is 0 Å². The lowest BCUT2D eigenvalue weighted by Crippen LogP contribution is -1.96. The normalized spacial score (nSPS) is 10.8. The molecule has 0 saturated carbocycles. The summed E-state index contributed by atoms with van der Waals surface area (Å²) >= 11 is 5.94. The van der Waals surface area contributed by atoms with Gasteiger partial charge in [0, 0.05) is 5.39 Å². The molecule has 1 heterocycles. The van der Waals surface area contributed by atoms with Gasteiger partial charge in [-0.1, -0.05) is 43.3 Å². The lowest BCUT2D eigenvalue weighted by Gasteiger charge is -2.12. The second-order valence-electron chi connectivity index (χ2n) is 4.84. The average Bonchev–Trinajstić information content (AvgIpc) is 2.55. The molecule has 0 bridgehead atoms. The molecule has 0 spiro atoms. The number of benzene rings is 2. The van der Waals surface area contributed by atoms with Crippen LogP contribution in [0, 0.1) is 0 Å². The number of pyridine rings is 1. The average molecular weight is 298 g/mol. The first-order chi connectivity index (χ1) is 10.3. The van der Waals surface area contributed by atoms with Crippen molar-refractivity contribution in [3.63, 3.8) is 0 Å². The number of para-hydroxylation sites is 1. The number of halogens is 1. The molecule has 2 nitrogen and oxygen atoms in total. The summed E-state index contributed by atoms with van der Waals surface area (Å²) < 4.78 is 6.09. The van der Waals surface area contributed by atoms with E-state index >= 15 is 0 Å². The number of fused-ring (bicyclic) bond motifs is 1. The van der Waals surface area contributed by atoms with Crippen LogP contribution in [0.4, 0.5) is 0 Å². The van der Waals surface area contributed by atoms with Gasteiger partial charge in [-0.2, -0.15) is 0 Å². The van der Waals surface area contributed by atoms with Gasteiger partial charge < -0.3 is 4.74 Å². The molecule has 21 heavy (non-hydrogen) atoms. The summed E-state index contributed by atoms with van der Waals surface area (Å²) in [5.74, 6) is 1.84. The van der Waals surface area contributed by atoms with Gasteiger partial charge in [-0.05, 0) is 35.6 Å². The molecule has 3 rings (SSSR count). The zero-order valence-electron chi connectivity index (χ0n) is 11.8. The van der Waals surface area contributed by atoms with E-state index < -0.39 is 0 Å². The van der Waals surface area contributed by atoms with Crippen LogP contribution in [0.3, 0.4) is 0 Å². The number of ether oxygens (including phenoxy) is 1. The van der Waals surface area contributed by atoms with E-state index in [0.717, 1.165) is 28.6 Å². The number of rotatable bonds is 4. The molecule has 3 aromatic rings. The standard InChI is InChI=1S/C18H16ClNO/c1-2-13-7-4-6-10-17(13)21-18-16-9-5-3-8-14(16)11-15(12-19)20-18/h3-11H,2,12H2,1H3. The first-order valence-electron chi connectivity index (χ1n) is 7.02. The van der Waals surface area contributed by atoms with Crippen LogP contribution in [-0.2, 0) is 12.3 Å². The van der Waals surface area contributed by atoms with E-state index in [4.69, 9.17) is 16.3 Å². The Labute approximate surface area is 129 Å². The molecule has 0 amide bonds. The molecule has 0 fully saturated rings. The molecule has 0 aliphatic rings. The van der Waals surface area contributed by atoms with Gasteiger partial charge in [0.25, 0.3) is 0 Å². The molecule has 0 unspecified atom stereocenters. The monoisotopic (exact) mass is 297 g/mol. The Kier molecular flexibility index (Phi) is 4.07. The van der Waals surface area contributed by atoms with Crippen LogP contribution in [0.5, 0.6) is 11.6 Å². The molecular formula is C18H16ClNO. The Morgan fingerprint density at radius 1 is 1.05 bits per heavy atom. The number of hydrogen-bond acceptors (Lipinski definition) is 2. The second kappa shape index (κ2) is 6.15. The van der Waals surface area contributed by atoms with Crippen molar-refractivity contribution in [2.75, 3.05) is 0 Å². The molecule has 0 saturated heterocycles. The molecule has 3 heteroatoms. The second-order valence-corrected chi connectivity index (χ2v) is 5.10. The molecule has 1 aromatic heterocycles. The summed E-state index contributed by atoms with van der Waals surface area (Å²) in [6, 6.07) is 18.1.